The van der Waals surface area contributed by atoms with E-state index >= 15 is 0 Å². The highest BCUT2D eigenvalue weighted by Gasteiger charge is 2.21. The summed E-state index contributed by atoms with van der Waals surface area (Å²) in [4.78, 5) is 13.8. The molecule has 0 unspecified atom stereocenters. The zero-order valence-corrected chi connectivity index (χ0v) is 13.7. The number of nitrogens with zero attached hydrogens (tertiary/aromatic N) is 2. The highest BCUT2D eigenvalue weighted by atomic mass is 32.1. The lowest BCUT2D eigenvalue weighted by atomic mass is 10.1. The average Bonchev–Trinajstić information content (AvgIpc) is 3.30. The summed E-state index contributed by atoms with van der Waals surface area (Å²) in [5, 5.41) is 8.64. The number of amides is 1. The summed E-state index contributed by atoms with van der Waals surface area (Å²) in [6.45, 7) is 0. The van der Waals surface area contributed by atoms with Crippen molar-refractivity contribution >= 4 is 33.0 Å². The fourth-order valence-corrected chi connectivity index (χ4v) is 4.09. The van der Waals surface area contributed by atoms with E-state index in [0.29, 0.717) is 0 Å². The third-order valence-electron chi connectivity index (χ3n) is 4.16. The van der Waals surface area contributed by atoms with E-state index in [9.17, 15) is 4.79 Å². The summed E-state index contributed by atoms with van der Waals surface area (Å²) in [6, 6.07) is 12.1. The van der Waals surface area contributed by atoms with Crippen LogP contribution in [0.5, 0.6) is 0 Å². The number of hydrogen-bond donors (Lipinski definition) is 1. The molecule has 0 radical (unpaired) electrons. The molecule has 0 bridgehead atoms. The van der Waals surface area contributed by atoms with Crippen molar-refractivity contribution in [2.24, 2.45) is 0 Å². The van der Waals surface area contributed by atoms with Gasteiger partial charge in [0.2, 0.25) is 0 Å². The Balaban J connectivity index is 1.95. The molecule has 0 saturated carbocycles. The van der Waals surface area contributed by atoms with Crippen LogP contribution >= 0.6 is 11.3 Å². The standard InChI is InChI=1S/C18H17N3OS/c1-19-17(22)15-11-14-16(12-7-5-6-8-12)20-21(18(14)23-15)13-9-3-2-4-10-13/h2-4,7,9-11H,5-6,8H2,1H3,(H,19,22). The van der Waals surface area contributed by atoms with E-state index in [-0.39, 0.29) is 5.91 Å². The van der Waals surface area contributed by atoms with Gasteiger partial charge in [-0.15, -0.1) is 11.3 Å². The number of rotatable bonds is 3. The van der Waals surface area contributed by atoms with Crippen LogP contribution in [0.15, 0.2) is 42.5 Å². The van der Waals surface area contributed by atoms with Crippen molar-refractivity contribution in [1.29, 1.82) is 0 Å². The first-order chi connectivity index (χ1) is 11.3. The highest BCUT2D eigenvalue weighted by molar-refractivity contribution is 7.20. The Bertz CT molecular complexity index is 905. The molecule has 5 heteroatoms. The molecule has 4 nitrogen and oxygen atoms in total. The number of carbonyl (C=O) groups is 1. The van der Waals surface area contributed by atoms with Crippen molar-refractivity contribution in [3.05, 3.63) is 53.0 Å². The Labute approximate surface area is 138 Å². The van der Waals surface area contributed by atoms with E-state index in [1.165, 1.54) is 23.3 Å². The van der Waals surface area contributed by atoms with Gasteiger partial charge in [-0.3, -0.25) is 4.79 Å². The molecule has 4 rings (SSSR count). The molecule has 0 spiro atoms. The van der Waals surface area contributed by atoms with Crippen LogP contribution in [0.4, 0.5) is 0 Å². The monoisotopic (exact) mass is 323 g/mol. The molecule has 2 aromatic heterocycles. The van der Waals surface area contributed by atoms with Gasteiger partial charge in [-0.1, -0.05) is 24.3 Å². The number of thiophene rings is 1. The third kappa shape index (κ3) is 2.37. The smallest absolute Gasteiger partial charge is 0.261 e. The largest absolute Gasteiger partial charge is 0.354 e. The molecule has 0 aliphatic heterocycles. The maximum atomic E-state index is 12.0. The molecule has 2 heterocycles. The summed E-state index contributed by atoms with van der Waals surface area (Å²) in [7, 11) is 1.66. The van der Waals surface area contributed by atoms with E-state index in [1.54, 1.807) is 7.05 Å². The maximum Gasteiger partial charge on any atom is 0.261 e. The second-order valence-electron chi connectivity index (χ2n) is 5.63. The van der Waals surface area contributed by atoms with Gasteiger partial charge in [-0.2, -0.15) is 5.10 Å². The fourth-order valence-electron chi connectivity index (χ4n) is 3.01. The lowest BCUT2D eigenvalue weighted by Crippen LogP contribution is -2.16. The van der Waals surface area contributed by atoms with Crippen LogP contribution in [0, 0.1) is 0 Å². The zero-order valence-electron chi connectivity index (χ0n) is 12.9. The summed E-state index contributed by atoms with van der Waals surface area (Å²) in [5.74, 6) is -0.0443. The quantitative estimate of drug-likeness (QED) is 0.791. The van der Waals surface area contributed by atoms with Crippen molar-refractivity contribution in [3.8, 4) is 5.69 Å². The van der Waals surface area contributed by atoms with Crippen LogP contribution in [0.2, 0.25) is 0 Å². The Morgan fingerprint density at radius 3 is 2.83 bits per heavy atom. The lowest BCUT2D eigenvalue weighted by Gasteiger charge is -2.02. The Morgan fingerprint density at radius 1 is 1.30 bits per heavy atom. The Morgan fingerprint density at radius 2 is 2.13 bits per heavy atom. The van der Waals surface area contributed by atoms with Gasteiger partial charge < -0.3 is 5.32 Å². The molecule has 1 aliphatic rings. The number of para-hydroxylation sites is 1. The number of fused-ring (bicyclic) bond motifs is 1. The molecule has 1 amide bonds. The van der Waals surface area contributed by atoms with E-state index in [2.05, 4.69) is 11.4 Å². The molecule has 1 aliphatic carbocycles. The summed E-state index contributed by atoms with van der Waals surface area (Å²) in [6.07, 6.45) is 5.63. The second-order valence-corrected chi connectivity index (χ2v) is 6.66. The zero-order chi connectivity index (χ0) is 15.8. The van der Waals surface area contributed by atoms with Gasteiger partial charge in [0.05, 0.1) is 16.3 Å². The van der Waals surface area contributed by atoms with Gasteiger partial charge in [0, 0.05) is 12.4 Å². The van der Waals surface area contributed by atoms with Gasteiger partial charge in [0.1, 0.15) is 4.83 Å². The van der Waals surface area contributed by atoms with Gasteiger partial charge in [-0.05, 0) is 43.0 Å². The Kier molecular flexibility index (Phi) is 3.50. The topological polar surface area (TPSA) is 46.9 Å². The number of carbonyl (C=O) groups excluding carboxylic acids is 1. The van der Waals surface area contributed by atoms with Crippen molar-refractivity contribution in [3.63, 3.8) is 0 Å². The fraction of sp³-hybridized carbons (Fsp3) is 0.222. The number of hydrogen-bond acceptors (Lipinski definition) is 3. The van der Waals surface area contributed by atoms with Crippen molar-refractivity contribution < 1.29 is 4.79 Å². The van der Waals surface area contributed by atoms with Crippen LogP contribution in [0.25, 0.3) is 21.5 Å². The van der Waals surface area contributed by atoms with E-state index in [1.807, 2.05) is 41.1 Å². The highest BCUT2D eigenvalue weighted by Crippen LogP contribution is 2.37. The molecular weight excluding hydrogens is 306 g/mol. The van der Waals surface area contributed by atoms with Crippen LogP contribution < -0.4 is 5.32 Å². The molecule has 1 aromatic carbocycles. The first kappa shape index (κ1) is 14.2. The molecular formula is C18H17N3OS. The summed E-state index contributed by atoms with van der Waals surface area (Å²) in [5.41, 5.74) is 3.34. The van der Waals surface area contributed by atoms with E-state index < -0.39 is 0 Å². The second kappa shape index (κ2) is 5.66. The average molecular weight is 323 g/mol. The minimum atomic E-state index is -0.0443. The number of aromatic nitrogens is 2. The van der Waals surface area contributed by atoms with Gasteiger partial charge in [-0.25, -0.2) is 4.68 Å². The SMILES string of the molecule is CNC(=O)c1cc2c(C3=CCCC3)nn(-c3ccccc3)c2s1. The number of nitrogens with one attached hydrogen (secondary N) is 1. The molecule has 0 fully saturated rings. The molecule has 0 saturated heterocycles. The van der Waals surface area contributed by atoms with Gasteiger partial charge in [0.25, 0.3) is 5.91 Å². The molecule has 23 heavy (non-hydrogen) atoms. The summed E-state index contributed by atoms with van der Waals surface area (Å²) >= 11 is 1.49. The molecule has 3 aromatic rings. The normalized spacial score (nSPS) is 14.2. The Hall–Kier alpha value is -2.40. The lowest BCUT2D eigenvalue weighted by molar-refractivity contribution is 0.0967. The van der Waals surface area contributed by atoms with Crippen LogP contribution in [-0.4, -0.2) is 22.7 Å². The number of allylic oxidation sites excluding steroid dienone is 2. The summed E-state index contributed by atoms with van der Waals surface area (Å²) < 4.78 is 1.96. The van der Waals surface area contributed by atoms with Gasteiger partial charge >= 0.3 is 0 Å². The first-order valence-corrected chi connectivity index (χ1v) is 8.59. The maximum absolute atomic E-state index is 12.0. The van der Waals surface area contributed by atoms with E-state index in [4.69, 9.17) is 5.10 Å². The third-order valence-corrected chi connectivity index (χ3v) is 5.27. The van der Waals surface area contributed by atoms with Gasteiger partial charge in [0.15, 0.2) is 0 Å². The predicted molar refractivity (Wildman–Crippen MR) is 94.2 cm³/mol. The molecule has 116 valence electrons. The first-order valence-electron chi connectivity index (χ1n) is 7.77. The van der Waals surface area contributed by atoms with Crippen molar-refractivity contribution in [2.45, 2.75) is 19.3 Å². The van der Waals surface area contributed by atoms with Crippen molar-refractivity contribution in [1.82, 2.24) is 15.1 Å². The number of benzene rings is 1. The molecule has 1 N–H and O–H groups in total. The van der Waals surface area contributed by atoms with Crippen LogP contribution in [0.1, 0.15) is 34.6 Å². The predicted octanol–water partition coefficient (Wildman–Crippen LogP) is 4.01. The van der Waals surface area contributed by atoms with Crippen LogP contribution in [-0.2, 0) is 0 Å². The van der Waals surface area contributed by atoms with Crippen molar-refractivity contribution in [2.75, 3.05) is 7.05 Å². The minimum Gasteiger partial charge on any atom is -0.354 e. The minimum absolute atomic E-state index is 0.0443. The van der Waals surface area contributed by atoms with Crippen LogP contribution in [0.3, 0.4) is 0 Å². The molecule has 0 atom stereocenters. The van der Waals surface area contributed by atoms with E-state index in [0.717, 1.165) is 39.3 Å².